The molecule has 0 aliphatic heterocycles. The molecule has 0 saturated carbocycles. The second kappa shape index (κ2) is 5.90. The molecule has 0 fully saturated rings. The van der Waals surface area contributed by atoms with Crippen LogP contribution in [0.5, 0.6) is 0 Å². The highest BCUT2D eigenvalue weighted by Gasteiger charge is 2.15. The Morgan fingerprint density at radius 3 is 2.39 bits per heavy atom. The van der Waals surface area contributed by atoms with Crippen molar-refractivity contribution in [2.45, 2.75) is 6.92 Å². The summed E-state index contributed by atoms with van der Waals surface area (Å²) in [4.78, 5) is 4.29. The van der Waals surface area contributed by atoms with Crippen LogP contribution in [0, 0.1) is 24.1 Å². The van der Waals surface area contributed by atoms with Gasteiger partial charge >= 0.3 is 0 Å². The van der Waals surface area contributed by atoms with Crippen molar-refractivity contribution in [2.24, 2.45) is 0 Å². The van der Waals surface area contributed by atoms with Crippen LogP contribution in [-0.4, -0.2) is 4.98 Å². The van der Waals surface area contributed by atoms with Crippen LogP contribution in [0.1, 0.15) is 11.1 Å². The van der Waals surface area contributed by atoms with Crippen molar-refractivity contribution in [3.63, 3.8) is 0 Å². The number of halogens is 1. The Balaban J connectivity index is 2.25. The first-order chi connectivity index (χ1) is 11.1. The first kappa shape index (κ1) is 14.7. The molecule has 1 aromatic heterocycles. The molecule has 3 nitrogen and oxygen atoms in total. The predicted molar refractivity (Wildman–Crippen MR) is 88.9 cm³/mol. The zero-order chi connectivity index (χ0) is 16.4. The third kappa shape index (κ3) is 2.77. The van der Waals surface area contributed by atoms with Gasteiger partial charge in [-0.3, -0.25) is 0 Å². The summed E-state index contributed by atoms with van der Waals surface area (Å²) in [5.41, 5.74) is 9.51. The molecule has 0 bridgehead atoms. The maximum absolute atomic E-state index is 14.1. The summed E-state index contributed by atoms with van der Waals surface area (Å²) in [7, 11) is 0. The fourth-order valence-electron chi connectivity index (χ4n) is 2.45. The molecule has 1 heterocycles. The number of hydrogen-bond donors (Lipinski definition) is 1. The Morgan fingerprint density at radius 2 is 1.74 bits per heavy atom. The maximum atomic E-state index is 14.1. The number of nitrogen functional groups attached to an aromatic ring is 1. The largest absolute Gasteiger partial charge is 0.383 e. The number of benzene rings is 2. The van der Waals surface area contributed by atoms with E-state index in [0.717, 1.165) is 11.1 Å². The van der Waals surface area contributed by atoms with E-state index in [1.807, 2.05) is 37.3 Å². The van der Waals surface area contributed by atoms with Gasteiger partial charge in [-0.05, 0) is 19.1 Å². The highest BCUT2D eigenvalue weighted by molar-refractivity contribution is 5.80. The molecule has 0 spiro atoms. The molecule has 3 rings (SSSR count). The average molecular weight is 303 g/mol. The number of pyridine rings is 1. The minimum Gasteiger partial charge on any atom is -0.383 e. The summed E-state index contributed by atoms with van der Waals surface area (Å²) in [6.45, 7) is 2.00. The molecule has 0 amide bonds. The standard InChI is InChI=1S/C19H14FN3/c1-12-6-8-13(9-7-12)18-10-15(16(11-21)19(22)23-18)14-4-2-3-5-17(14)20/h2-10H,1H3,(H2,22,23). The number of aryl methyl sites for hydroxylation is 1. The van der Waals surface area contributed by atoms with E-state index in [4.69, 9.17) is 5.73 Å². The lowest BCUT2D eigenvalue weighted by Crippen LogP contribution is -2.00. The van der Waals surface area contributed by atoms with Crippen molar-refractivity contribution >= 4 is 5.82 Å². The zero-order valence-electron chi connectivity index (χ0n) is 12.5. The number of nitrogens with zero attached hydrogens (tertiary/aromatic N) is 2. The van der Waals surface area contributed by atoms with Gasteiger partial charge in [0.05, 0.1) is 5.69 Å². The fraction of sp³-hybridized carbons (Fsp3) is 0.0526. The van der Waals surface area contributed by atoms with Crippen LogP contribution in [0.25, 0.3) is 22.4 Å². The van der Waals surface area contributed by atoms with Crippen molar-refractivity contribution in [1.82, 2.24) is 4.98 Å². The van der Waals surface area contributed by atoms with Crippen LogP contribution < -0.4 is 5.73 Å². The molecule has 23 heavy (non-hydrogen) atoms. The lowest BCUT2D eigenvalue weighted by molar-refractivity contribution is 0.631. The van der Waals surface area contributed by atoms with Crippen molar-refractivity contribution in [3.8, 4) is 28.5 Å². The average Bonchev–Trinajstić information content (AvgIpc) is 2.55. The number of nitriles is 1. The normalized spacial score (nSPS) is 10.3. The van der Waals surface area contributed by atoms with Gasteiger partial charge < -0.3 is 5.73 Å². The first-order valence-electron chi connectivity index (χ1n) is 7.12. The lowest BCUT2D eigenvalue weighted by atomic mass is 9.98. The first-order valence-corrected chi connectivity index (χ1v) is 7.12. The van der Waals surface area contributed by atoms with E-state index in [1.165, 1.54) is 6.07 Å². The Morgan fingerprint density at radius 1 is 1.04 bits per heavy atom. The molecule has 0 radical (unpaired) electrons. The van der Waals surface area contributed by atoms with Crippen LogP contribution in [0.3, 0.4) is 0 Å². The summed E-state index contributed by atoms with van der Waals surface area (Å²) in [5.74, 6) is -0.298. The Labute approximate surface area is 133 Å². The number of rotatable bonds is 2. The molecule has 0 aliphatic carbocycles. The topological polar surface area (TPSA) is 62.7 Å². The Bertz CT molecular complexity index is 909. The van der Waals surface area contributed by atoms with Crippen LogP contribution in [0.2, 0.25) is 0 Å². The van der Waals surface area contributed by atoms with Crippen molar-refractivity contribution in [3.05, 3.63) is 71.5 Å². The van der Waals surface area contributed by atoms with Gasteiger partial charge in [-0.15, -0.1) is 0 Å². The highest BCUT2D eigenvalue weighted by Crippen LogP contribution is 2.32. The second-order valence-electron chi connectivity index (χ2n) is 5.27. The van der Waals surface area contributed by atoms with E-state index in [-0.39, 0.29) is 11.4 Å². The molecule has 3 aromatic rings. The number of anilines is 1. The summed E-state index contributed by atoms with van der Waals surface area (Å²) in [6.07, 6.45) is 0. The monoisotopic (exact) mass is 303 g/mol. The molecule has 0 saturated heterocycles. The minimum absolute atomic E-state index is 0.101. The molecular formula is C19H14FN3. The van der Waals surface area contributed by atoms with Crippen LogP contribution in [-0.2, 0) is 0 Å². The van der Waals surface area contributed by atoms with E-state index in [2.05, 4.69) is 4.98 Å². The number of nitrogens with two attached hydrogens (primary N) is 1. The van der Waals surface area contributed by atoms with Gasteiger partial charge in [0.1, 0.15) is 23.3 Å². The quantitative estimate of drug-likeness (QED) is 0.767. The zero-order valence-corrected chi connectivity index (χ0v) is 12.5. The molecule has 4 heteroatoms. The van der Waals surface area contributed by atoms with Crippen LogP contribution in [0.4, 0.5) is 10.2 Å². The molecule has 0 unspecified atom stereocenters. The summed E-state index contributed by atoms with van der Waals surface area (Å²) >= 11 is 0. The number of aromatic nitrogens is 1. The number of hydrogen-bond acceptors (Lipinski definition) is 3. The lowest BCUT2D eigenvalue weighted by Gasteiger charge is -2.11. The van der Waals surface area contributed by atoms with E-state index < -0.39 is 5.82 Å². The smallest absolute Gasteiger partial charge is 0.142 e. The van der Waals surface area contributed by atoms with Crippen molar-refractivity contribution in [1.29, 1.82) is 5.26 Å². The fourth-order valence-corrected chi connectivity index (χ4v) is 2.45. The third-order valence-electron chi connectivity index (χ3n) is 3.67. The Hall–Kier alpha value is -3.19. The van der Waals surface area contributed by atoms with E-state index >= 15 is 0 Å². The molecule has 2 N–H and O–H groups in total. The van der Waals surface area contributed by atoms with Crippen molar-refractivity contribution < 1.29 is 4.39 Å². The van der Waals surface area contributed by atoms with Gasteiger partial charge in [0.2, 0.25) is 0 Å². The molecular weight excluding hydrogens is 289 g/mol. The van der Waals surface area contributed by atoms with Crippen LogP contribution in [0.15, 0.2) is 54.6 Å². The minimum atomic E-state index is -0.399. The van der Waals surface area contributed by atoms with E-state index in [9.17, 15) is 9.65 Å². The van der Waals surface area contributed by atoms with Gasteiger partial charge in [0.15, 0.2) is 0 Å². The van der Waals surface area contributed by atoms with Gasteiger partial charge in [-0.2, -0.15) is 5.26 Å². The molecule has 112 valence electrons. The molecule has 2 aromatic carbocycles. The van der Waals surface area contributed by atoms with Gasteiger partial charge in [-0.1, -0.05) is 48.0 Å². The van der Waals surface area contributed by atoms with Gasteiger partial charge in [0, 0.05) is 16.7 Å². The summed E-state index contributed by atoms with van der Waals surface area (Å²) in [6, 6.07) is 17.8. The van der Waals surface area contributed by atoms with E-state index in [0.29, 0.717) is 16.8 Å². The third-order valence-corrected chi connectivity index (χ3v) is 3.67. The SMILES string of the molecule is Cc1ccc(-c2cc(-c3ccccc3F)c(C#N)c(N)n2)cc1. The predicted octanol–water partition coefficient (Wildman–Crippen LogP) is 4.32. The van der Waals surface area contributed by atoms with Crippen LogP contribution >= 0.6 is 0 Å². The van der Waals surface area contributed by atoms with Gasteiger partial charge in [-0.25, -0.2) is 9.37 Å². The van der Waals surface area contributed by atoms with E-state index in [1.54, 1.807) is 24.3 Å². The second-order valence-corrected chi connectivity index (χ2v) is 5.27. The maximum Gasteiger partial charge on any atom is 0.142 e. The van der Waals surface area contributed by atoms with Crippen molar-refractivity contribution in [2.75, 3.05) is 5.73 Å². The summed E-state index contributed by atoms with van der Waals surface area (Å²) in [5, 5.41) is 9.36. The molecule has 0 aliphatic rings. The highest BCUT2D eigenvalue weighted by atomic mass is 19.1. The molecule has 0 atom stereocenters. The van der Waals surface area contributed by atoms with Gasteiger partial charge in [0.25, 0.3) is 0 Å². The summed E-state index contributed by atoms with van der Waals surface area (Å²) < 4.78 is 14.1. The Kier molecular flexibility index (Phi) is 3.78.